The van der Waals surface area contributed by atoms with Gasteiger partial charge in [-0.25, -0.2) is 4.39 Å². The van der Waals surface area contributed by atoms with Crippen LogP contribution in [0.2, 0.25) is 0 Å². The highest BCUT2D eigenvalue weighted by Gasteiger charge is 2.00. The summed E-state index contributed by atoms with van der Waals surface area (Å²) < 4.78 is 14.5. The number of nitriles is 1. The van der Waals surface area contributed by atoms with Crippen LogP contribution in [0.25, 0.3) is 0 Å². The van der Waals surface area contributed by atoms with E-state index in [-0.39, 0.29) is 5.82 Å². The van der Waals surface area contributed by atoms with Gasteiger partial charge in [-0.15, -0.1) is 0 Å². The third kappa shape index (κ3) is 8.00. The molecule has 0 unspecified atom stereocenters. The van der Waals surface area contributed by atoms with Crippen LogP contribution in [0.15, 0.2) is 66.7 Å². The maximum atomic E-state index is 14.5. The van der Waals surface area contributed by atoms with Crippen LogP contribution in [-0.4, -0.2) is 0 Å². The lowest BCUT2D eigenvalue weighted by atomic mass is 10.0. The molecule has 0 N–H and O–H groups in total. The van der Waals surface area contributed by atoms with Crippen molar-refractivity contribution in [1.29, 1.82) is 5.26 Å². The maximum Gasteiger partial charge on any atom is 0.140 e. The van der Waals surface area contributed by atoms with Gasteiger partial charge in [0, 0.05) is 16.7 Å². The van der Waals surface area contributed by atoms with Crippen molar-refractivity contribution in [2.75, 3.05) is 0 Å². The van der Waals surface area contributed by atoms with E-state index in [1.807, 2.05) is 12.1 Å². The van der Waals surface area contributed by atoms with E-state index in [1.54, 1.807) is 36.4 Å². The SMILES string of the molecule is CCCCCCCCc1ccc(C#Cc2ccc(C#Cc3ccc(C#N)cc3)cc2F)cc1. The number of hydrogen-bond donors (Lipinski definition) is 0. The fourth-order valence-electron chi connectivity index (χ4n) is 3.47. The molecule has 0 saturated carbocycles. The number of benzene rings is 3. The van der Waals surface area contributed by atoms with E-state index in [2.05, 4.69) is 48.8 Å². The first kappa shape index (κ1) is 23.9. The molecule has 0 fully saturated rings. The monoisotopic (exact) mass is 433 g/mol. The van der Waals surface area contributed by atoms with Crippen molar-refractivity contribution >= 4 is 0 Å². The van der Waals surface area contributed by atoms with Gasteiger partial charge in [-0.05, 0) is 73.0 Å². The number of nitrogens with zero attached hydrogens (tertiary/aromatic N) is 1. The second kappa shape index (κ2) is 12.9. The Morgan fingerprint density at radius 3 is 1.85 bits per heavy atom. The predicted molar refractivity (Wildman–Crippen MR) is 133 cm³/mol. The van der Waals surface area contributed by atoms with Crippen LogP contribution in [0.4, 0.5) is 4.39 Å². The summed E-state index contributed by atoms with van der Waals surface area (Å²) >= 11 is 0. The second-order valence-corrected chi connectivity index (χ2v) is 8.10. The summed E-state index contributed by atoms with van der Waals surface area (Å²) in [4.78, 5) is 0. The quantitative estimate of drug-likeness (QED) is 0.281. The van der Waals surface area contributed by atoms with Crippen molar-refractivity contribution in [3.05, 3.63) is 106 Å². The highest BCUT2D eigenvalue weighted by molar-refractivity contribution is 5.49. The minimum Gasteiger partial charge on any atom is -0.206 e. The number of halogens is 1. The van der Waals surface area contributed by atoms with Gasteiger partial charge in [0.25, 0.3) is 0 Å². The molecule has 0 amide bonds. The Labute approximate surface area is 197 Å². The molecule has 33 heavy (non-hydrogen) atoms. The van der Waals surface area contributed by atoms with Gasteiger partial charge >= 0.3 is 0 Å². The molecule has 0 aliphatic heterocycles. The molecule has 0 atom stereocenters. The fourth-order valence-corrected chi connectivity index (χ4v) is 3.47. The van der Waals surface area contributed by atoms with E-state index in [4.69, 9.17) is 5.26 Å². The van der Waals surface area contributed by atoms with Gasteiger partial charge in [-0.3, -0.25) is 0 Å². The number of unbranched alkanes of at least 4 members (excludes halogenated alkanes) is 5. The largest absolute Gasteiger partial charge is 0.206 e. The molecule has 164 valence electrons. The van der Waals surface area contributed by atoms with Crippen LogP contribution in [0.3, 0.4) is 0 Å². The van der Waals surface area contributed by atoms with Crippen molar-refractivity contribution < 1.29 is 4.39 Å². The average molecular weight is 434 g/mol. The highest BCUT2D eigenvalue weighted by Crippen LogP contribution is 2.12. The van der Waals surface area contributed by atoms with Gasteiger partial charge in [0.05, 0.1) is 17.2 Å². The summed E-state index contributed by atoms with van der Waals surface area (Å²) in [6, 6.07) is 22.2. The van der Waals surface area contributed by atoms with E-state index in [1.165, 1.54) is 50.2 Å². The number of rotatable bonds is 7. The molecule has 0 aliphatic carbocycles. The smallest absolute Gasteiger partial charge is 0.140 e. The molecule has 0 saturated heterocycles. The molecule has 3 aromatic carbocycles. The van der Waals surface area contributed by atoms with Gasteiger partial charge in [0.1, 0.15) is 5.82 Å². The van der Waals surface area contributed by atoms with Crippen molar-refractivity contribution in [2.24, 2.45) is 0 Å². The lowest BCUT2D eigenvalue weighted by Crippen LogP contribution is -1.88. The lowest BCUT2D eigenvalue weighted by Gasteiger charge is -2.02. The zero-order valence-corrected chi connectivity index (χ0v) is 19.1. The molecule has 3 rings (SSSR count). The molecule has 0 radical (unpaired) electrons. The zero-order valence-electron chi connectivity index (χ0n) is 19.1. The Balaban J connectivity index is 1.57. The molecular weight excluding hydrogens is 405 g/mol. The molecule has 0 aliphatic rings. The normalized spacial score (nSPS) is 9.85. The van der Waals surface area contributed by atoms with Gasteiger partial charge in [0.2, 0.25) is 0 Å². The standard InChI is InChI=1S/C31H28FN/c1-2-3-4-5-6-7-8-25-9-11-27(12-10-25)19-21-30-22-20-28(23-31(30)32)16-13-26-14-17-29(24-33)18-15-26/h9-12,14-15,17-18,20,22-23H,2-8H2,1H3. The van der Waals surface area contributed by atoms with Crippen LogP contribution in [0, 0.1) is 40.8 Å². The van der Waals surface area contributed by atoms with Crippen LogP contribution >= 0.6 is 0 Å². The first-order valence-corrected chi connectivity index (χ1v) is 11.6. The van der Waals surface area contributed by atoms with Gasteiger partial charge in [-0.2, -0.15) is 5.26 Å². The Bertz CT molecular complexity index is 1210. The number of aryl methyl sites for hydroxylation is 1. The van der Waals surface area contributed by atoms with Crippen molar-refractivity contribution in [3.8, 4) is 29.8 Å². The van der Waals surface area contributed by atoms with Gasteiger partial charge in [0.15, 0.2) is 0 Å². The first-order chi connectivity index (χ1) is 16.2. The number of hydrogen-bond acceptors (Lipinski definition) is 1. The molecule has 0 heterocycles. The van der Waals surface area contributed by atoms with Crippen molar-refractivity contribution in [3.63, 3.8) is 0 Å². The van der Waals surface area contributed by atoms with Crippen LogP contribution in [-0.2, 0) is 6.42 Å². The predicted octanol–water partition coefficient (Wildman–Crippen LogP) is 7.40. The van der Waals surface area contributed by atoms with E-state index < -0.39 is 0 Å². The minimum atomic E-state index is -0.381. The topological polar surface area (TPSA) is 23.8 Å². The minimum absolute atomic E-state index is 0.357. The van der Waals surface area contributed by atoms with Crippen molar-refractivity contribution in [2.45, 2.75) is 51.9 Å². The molecule has 2 heteroatoms. The Morgan fingerprint density at radius 1 is 0.636 bits per heavy atom. The molecule has 0 spiro atoms. The van der Waals surface area contributed by atoms with Crippen LogP contribution < -0.4 is 0 Å². The summed E-state index contributed by atoms with van der Waals surface area (Å²) in [5.41, 5.74) is 4.51. The lowest BCUT2D eigenvalue weighted by molar-refractivity contribution is 0.607. The molecular formula is C31H28FN. The van der Waals surface area contributed by atoms with Crippen LogP contribution in [0.5, 0.6) is 0 Å². The molecule has 0 aromatic heterocycles. The molecule has 0 bridgehead atoms. The highest BCUT2D eigenvalue weighted by atomic mass is 19.1. The Kier molecular flexibility index (Phi) is 9.33. The van der Waals surface area contributed by atoms with E-state index in [0.717, 1.165) is 17.5 Å². The van der Waals surface area contributed by atoms with Crippen LogP contribution in [0.1, 0.15) is 78.8 Å². The average Bonchev–Trinajstić information content (AvgIpc) is 2.85. The summed E-state index contributed by atoms with van der Waals surface area (Å²) in [5.74, 6) is 11.5. The summed E-state index contributed by atoms with van der Waals surface area (Å²) in [6.07, 6.45) is 8.89. The third-order valence-corrected chi connectivity index (χ3v) is 5.45. The van der Waals surface area contributed by atoms with Gasteiger partial charge in [-0.1, -0.05) is 74.8 Å². The second-order valence-electron chi connectivity index (χ2n) is 8.10. The third-order valence-electron chi connectivity index (χ3n) is 5.45. The summed E-state index contributed by atoms with van der Waals surface area (Å²) in [6.45, 7) is 2.24. The Hall–Kier alpha value is -3.80. The fraction of sp³-hybridized carbons (Fsp3) is 0.258. The molecule has 1 nitrogen and oxygen atoms in total. The Morgan fingerprint density at radius 2 is 1.18 bits per heavy atom. The van der Waals surface area contributed by atoms with E-state index >= 15 is 0 Å². The van der Waals surface area contributed by atoms with Gasteiger partial charge < -0.3 is 0 Å². The first-order valence-electron chi connectivity index (χ1n) is 11.6. The maximum absolute atomic E-state index is 14.5. The van der Waals surface area contributed by atoms with Crippen molar-refractivity contribution in [1.82, 2.24) is 0 Å². The molecule has 3 aromatic rings. The van der Waals surface area contributed by atoms with E-state index in [9.17, 15) is 4.39 Å². The zero-order chi connectivity index (χ0) is 23.3. The summed E-state index contributed by atoms with van der Waals surface area (Å²) in [7, 11) is 0. The van der Waals surface area contributed by atoms with E-state index in [0.29, 0.717) is 16.7 Å². The summed E-state index contributed by atoms with van der Waals surface area (Å²) in [5, 5.41) is 8.84.